The van der Waals surface area contributed by atoms with Crippen molar-refractivity contribution in [1.82, 2.24) is 9.88 Å². The van der Waals surface area contributed by atoms with E-state index in [9.17, 15) is 13.2 Å². The molecule has 0 unspecified atom stereocenters. The van der Waals surface area contributed by atoms with E-state index in [1.165, 1.54) is 13.0 Å². The van der Waals surface area contributed by atoms with Gasteiger partial charge in [0.25, 0.3) is 0 Å². The van der Waals surface area contributed by atoms with Gasteiger partial charge in [-0.3, -0.25) is 15.8 Å². The van der Waals surface area contributed by atoms with Gasteiger partial charge < -0.3 is 15.1 Å². The van der Waals surface area contributed by atoms with Gasteiger partial charge in [-0.25, -0.2) is 0 Å². The van der Waals surface area contributed by atoms with Crippen LogP contribution in [0.1, 0.15) is 23.6 Å². The Kier molecular flexibility index (Phi) is 5.97. The normalized spacial score (nSPS) is 14.6. The standard InChI is InChI=1S/C24H25F3N6/c1-15-17(4-3-5-20(15)24(25,26)27)13-31-22-8-9-30-21-7-6-18(12-19(21)22)32-10-11-33(16(2)28)23(29)14-32/h3-9,12,28-29H,10-11,13-14H2,1-2H3,(H,30,31). The van der Waals surface area contributed by atoms with Gasteiger partial charge in [-0.15, -0.1) is 0 Å². The number of hydrogen-bond acceptors (Lipinski definition) is 5. The first-order valence-corrected chi connectivity index (χ1v) is 10.6. The monoisotopic (exact) mass is 454 g/mol. The van der Waals surface area contributed by atoms with Crippen LogP contribution in [0.4, 0.5) is 24.5 Å². The van der Waals surface area contributed by atoms with Gasteiger partial charge in [0.1, 0.15) is 5.84 Å². The van der Waals surface area contributed by atoms with E-state index >= 15 is 0 Å². The van der Waals surface area contributed by atoms with Crippen LogP contribution in [0.3, 0.4) is 0 Å². The second kappa shape index (κ2) is 8.73. The lowest BCUT2D eigenvalue weighted by Crippen LogP contribution is -2.51. The largest absolute Gasteiger partial charge is 0.416 e. The van der Waals surface area contributed by atoms with E-state index in [1.54, 1.807) is 24.1 Å². The van der Waals surface area contributed by atoms with Gasteiger partial charge in [0, 0.05) is 42.6 Å². The Morgan fingerprint density at radius 2 is 1.94 bits per heavy atom. The number of anilines is 2. The third-order valence-electron chi connectivity index (χ3n) is 5.98. The van der Waals surface area contributed by atoms with Crippen molar-refractivity contribution in [2.45, 2.75) is 26.6 Å². The van der Waals surface area contributed by atoms with E-state index in [1.807, 2.05) is 24.3 Å². The molecular formula is C24H25F3N6. The quantitative estimate of drug-likeness (QED) is 0.371. The predicted molar refractivity (Wildman–Crippen MR) is 125 cm³/mol. The summed E-state index contributed by atoms with van der Waals surface area (Å²) in [5, 5.41) is 20.2. The van der Waals surface area contributed by atoms with Crippen molar-refractivity contribution < 1.29 is 13.2 Å². The number of aromatic nitrogens is 1. The van der Waals surface area contributed by atoms with Gasteiger partial charge >= 0.3 is 6.18 Å². The topological polar surface area (TPSA) is 79.1 Å². The van der Waals surface area contributed by atoms with Crippen molar-refractivity contribution in [1.29, 1.82) is 10.8 Å². The van der Waals surface area contributed by atoms with Gasteiger partial charge in [-0.1, -0.05) is 12.1 Å². The van der Waals surface area contributed by atoms with Gasteiger partial charge in [0.05, 0.1) is 23.5 Å². The first-order chi connectivity index (χ1) is 15.6. The average molecular weight is 455 g/mol. The van der Waals surface area contributed by atoms with Crippen LogP contribution in [0.5, 0.6) is 0 Å². The van der Waals surface area contributed by atoms with Crippen LogP contribution in [0, 0.1) is 17.7 Å². The molecule has 1 aliphatic heterocycles. The molecule has 0 atom stereocenters. The Hall–Kier alpha value is -3.62. The third kappa shape index (κ3) is 4.62. The van der Waals surface area contributed by atoms with Crippen molar-refractivity contribution in [3.8, 4) is 0 Å². The van der Waals surface area contributed by atoms with E-state index in [0.717, 1.165) is 28.3 Å². The Morgan fingerprint density at radius 1 is 1.15 bits per heavy atom. The molecule has 3 aromatic rings. The molecular weight excluding hydrogens is 429 g/mol. The minimum Gasteiger partial charge on any atom is -0.380 e. The van der Waals surface area contributed by atoms with Crippen LogP contribution in [-0.4, -0.2) is 41.2 Å². The molecule has 6 nitrogen and oxygen atoms in total. The highest BCUT2D eigenvalue weighted by atomic mass is 19.4. The highest BCUT2D eigenvalue weighted by Gasteiger charge is 2.32. The summed E-state index contributed by atoms with van der Waals surface area (Å²) in [5.74, 6) is 0.733. The fourth-order valence-electron chi connectivity index (χ4n) is 4.15. The summed E-state index contributed by atoms with van der Waals surface area (Å²) < 4.78 is 39.8. The lowest BCUT2D eigenvalue weighted by atomic mass is 10.0. The predicted octanol–water partition coefficient (Wildman–Crippen LogP) is 5.27. The minimum absolute atomic E-state index is 0.217. The van der Waals surface area contributed by atoms with Crippen molar-refractivity contribution >= 4 is 33.9 Å². The maximum absolute atomic E-state index is 13.3. The Balaban J connectivity index is 1.59. The summed E-state index contributed by atoms with van der Waals surface area (Å²) in [6.07, 6.45) is -2.71. The number of halogens is 3. The van der Waals surface area contributed by atoms with Crippen molar-refractivity contribution in [3.63, 3.8) is 0 Å². The van der Waals surface area contributed by atoms with Crippen LogP contribution in [0.15, 0.2) is 48.7 Å². The number of nitrogens with one attached hydrogen (secondary N) is 3. The SMILES string of the molecule is CC(=N)N1CCN(c2ccc3nccc(NCc4cccc(C(F)(F)F)c4C)c3c2)CC1=N. The lowest BCUT2D eigenvalue weighted by Gasteiger charge is -2.37. The van der Waals surface area contributed by atoms with E-state index < -0.39 is 11.7 Å². The molecule has 0 spiro atoms. The van der Waals surface area contributed by atoms with E-state index in [0.29, 0.717) is 36.9 Å². The highest BCUT2D eigenvalue weighted by Crippen LogP contribution is 2.33. The maximum atomic E-state index is 13.3. The Labute approximate surface area is 190 Å². The Bertz CT molecular complexity index is 1220. The molecule has 2 aromatic carbocycles. The summed E-state index contributed by atoms with van der Waals surface area (Å²) in [5.41, 5.74) is 2.66. The first kappa shape index (κ1) is 22.6. The molecule has 33 heavy (non-hydrogen) atoms. The number of nitrogens with zero attached hydrogens (tertiary/aromatic N) is 3. The number of fused-ring (bicyclic) bond motifs is 1. The van der Waals surface area contributed by atoms with Gasteiger partial charge in [-0.05, 0) is 55.3 Å². The molecule has 0 aliphatic carbocycles. The van der Waals surface area contributed by atoms with Crippen molar-refractivity contribution in [2.24, 2.45) is 0 Å². The summed E-state index contributed by atoms with van der Waals surface area (Å²) in [6, 6.07) is 11.9. The fraction of sp³-hybridized carbons (Fsp3) is 0.292. The van der Waals surface area contributed by atoms with Crippen LogP contribution in [0.2, 0.25) is 0 Å². The molecule has 2 heterocycles. The van der Waals surface area contributed by atoms with Crippen LogP contribution in [-0.2, 0) is 12.7 Å². The second-order valence-electron chi connectivity index (χ2n) is 8.11. The number of hydrogen-bond donors (Lipinski definition) is 3. The van der Waals surface area contributed by atoms with Gasteiger partial charge in [-0.2, -0.15) is 13.2 Å². The lowest BCUT2D eigenvalue weighted by molar-refractivity contribution is -0.138. The van der Waals surface area contributed by atoms with E-state index in [2.05, 4.69) is 15.2 Å². The summed E-state index contributed by atoms with van der Waals surface area (Å²) in [4.78, 5) is 8.17. The zero-order valence-corrected chi connectivity index (χ0v) is 18.4. The molecule has 4 rings (SSSR count). The van der Waals surface area contributed by atoms with E-state index in [4.69, 9.17) is 10.8 Å². The highest BCUT2D eigenvalue weighted by molar-refractivity contribution is 6.00. The summed E-state index contributed by atoms with van der Waals surface area (Å²) in [6.45, 7) is 5.06. The molecule has 1 aromatic heterocycles. The molecule has 1 aliphatic rings. The summed E-state index contributed by atoms with van der Waals surface area (Å²) in [7, 11) is 0. The van der Waals surface area contributed by atoms with Gasteiger partial charge in [0.2, 0.25) is 0 Å². The zero-order valence-electron chi connectivity index (χ0n) is 18.4. The third-order valence-corrected chi connectivity index (χ3v) is 5.98. The fourth-order valence-corrected chi connectivity index (χ4v) is 4.15. The molecule has 0 bridgehead atoms. The van der Waals surface area contributed by atoms with Crippen molar-refractivity contribution in [2.75, 3.05) is 29.9 Å². The van der Waals surface area contributed by atoms with Crippen LogP contribution < -0.4 is 10.2 Å². The second-order valence-corrected chi connectivity index (χ2v) is 8.11. The number of amidine groups is 2. The number of piperazine rings is 1. The molecule has 1 saturated heterocycles. The Morgan fingerprint density at radius 3 is 2.64 bits per heavy atom. The molecule has 3 N–H and O–H groups in total. The number of rotatable bonds is 4. The molecule has 9 heteroatoms. The number of pyridine rings is 1. The molecule has 0 amide bonds. The number of alkyl halides is 3. The molecule has 172 valence electrons. The van der Waals surface area contributed by atoms with E-state index in [-0.39, 0.29) is 12.1 Å². The molecule has 1 fully saturated rings. The molecule has 0 saturated carbocycles. The smallest absolute Gasteiger partial charge is 0.380 e. The number of benzene rings is 2. The van der Waals surface area contributed by atoms with Gasteiger partial charge in [0.15, 0.2) is 0 Å². The zero-order chi connectivity index (χ0) is 23.8. The minimum atomic E-state index is -4.38. The maximum Gasteiger partial charge on any atom is 0.416 e. The van der Waals surface area contributed by atoms with Crippen LogP contribution >= 0.6 is 0 Å². The summed E-state index contributed by atoms with van der Waals surface area (Å²) >= 11 is 0. The first-order valence-electron chi connectivity index (χ1n) is 10.6. The van der Waals surface area contributed by atoms with Crippen molar-refractivity contribution in [3.05, 3.63) is 65.4 Å². The molecule has 0 radical (unpaired) electrons. The average Bonchev–Trinajstić information content (AvgIpc) is 2.77. The van der Waals surface area contributed by atoms with Crippen LogP contribution in [0.25, 0.3) is 10.9 Å².